The van der Waals surface area contributed by atoms with Crippen molar-refractivity contribution in [1.82, 2.24) is 5.32 Å². The largest absolute Gasteiger partial charge is 0.496 e. The minimum Gasteiger partial charge on any atom is -0.496 e. The number of nitrogens with one attached hydrogen (secondary N) is 1. The zero-order valence-electron chi connectivity index (χ0n) is 11.8. The molecule has 1 N–H and O–H groups in total. The lowest BCUT2D eigenvalue weighted by Crippen LogP contribution is -2.23. The predicted octanol–water partition coefficient (Wildman–Crippen LogP) is 4.95. The Balaban J connectivity index is 2.58. The van der Waals surface area contributed by atoms with Crippen molar-refractivity contribution in [2.45, 2.75) is 13.0 Å². The lowest BCUT2D eigenvalue weighted by Gasteiger charge is -2.22. The molecular weight excluding hydrogens is 357 g/mol. The van der Waals surface area contributed by atoms with E-state index >= 15 is 0 Å². The summed E-state index contributed by atoms with van der Waals surface area (Å²) in [6.45, 7) is 2.72. The van der Waals surface area contributed by atoms with Crippen LogP contribution in [0.1, 0.15) is 24.1 Å². The average molecular weight is 373 g/mol. The second-order valence-corrected chi connectivity index (χ2v) is 5.83. The predicted molar refractivity (Wildman–Crippen MR) is 87.6 cm³/mol. The van der Waals surface area contributed by atoms with Gasteiger partial charge in [-0.05, 0) is 48.5 Å². The Kier molecular flexibility index (Phi) is 5.62. The molecule has 112 valence electrons. The Bertz CT molecular complexity index is 636. The van der Waals surface area contributed by atoms with Crippen LogP contribution in [0.3, 0.4) is 0 Å². The van der Waals surface area contributed by atoms with Crippen molar-refractivity contribution in [2.75, 3.05) is 13.7 Å². The highest BCUT2D eigenvalue weighted by Gasteiger charge is 2.20. The smallest absolute Gasteiger partial charge is 0.124 e. The fraction of sp³-hybridized carbons (Fsp3) is 0.250. The molecule has 1 atom stereocenters. The molecule has 5 heteroatoms. The first-order valence-corrected chi connectivity index (χ1v) is 7.75. The summed E-state index contributed by atoms with van der Waals surface area (Å²) in [5.41, 5.74) is 1.68. The maximum Gasteiger partial charge on any atom is 0.124 e. The van der Waals surface area contributed by atoms with Crippen LogP contribution in [-0.2, 0) is 0 Å². The Labute approximate surface area is 137 Å². The standard InChI is InChI=1S/C16H16BrClFNO/c1-3-20-16(12-9-11(19)5-6-14(12)17)13-8-10(18)4-7-15(13)21-2/h4-9,16,20H,3H2,1-2H3. The third kappa shape index (κ3) is 3.76. The molecule has 1 unspecified atom stereocenters. The molecule has 0 aliphatic rings. The fourth-order valence-corrected chi connectivity index (χ4v) is 2.91. The number of hydrogen-bond acceptors (Lipinski definition) is 2. The van der Waals surface area contributed by atoms with E-state index in [4.69, 9.17) is 16.3 Å². The highest BCUT2D eigenvalue weighted by molar-refractivity contribution is 9.10. The first kappa shape index (κ1) is 16.3. The molecule has 2 nitrogen and oxygen atoms in total. The summed E-state index contributed by atoms with van der Waals surface area (Å²) in [6.07, 6.45) is 0. The Morgan fingerprint density at radius 3 is 2.67 bits per heavy atom. The number of hydrogen-bond donors (Lipinski definition) is 1. The Morgan fingerprint density at radius 2 is 2.00 bits per heavy atom. The lowest BCUT2D eigenvalue weighted by atomic mass is 9.97. The van der Waals surface area contributed by atoms with Crippen LogP contribution < -0.4 is 10.1 Å². The summed E-state index contributed by atoms with van der Waals surface area (Å²) >= 11 is 9.59. The lowest BCUT2D eigenvalue weighted by molar-refractivity contribution is 0.404. The van der Waals surface area contributed by atoms with E-state index < -0.39 is 0 Å². The first-order valence-electron chi connectivity index (χ1n) is 6.58. The van der Waals surface area contributed by atoms with Gasteiger partial charge in [0.25, 0.3) is 0 Å². The number of halogens is 3. The van der Waals surface area contributed by atoms with E-state index in [-0.39, 0.29) is 11.9 Å². The van der Waals surface area contributed by atoms with Crippen molar-refractivity contribution in [3.8, 4) is 5.75 Å². The van der Waals surface area contributed by atoms with Gasteiger partial charge in [0.05, 0.1) is 13.2 Å². The van der Waals surface area contributed by atoms with Gasteiger partial charge in [0, 0.05) is 15.1 Å². The minimum atomic E-state index is -0.280. The van der Waals surface area contributed by atoms with Gasteiger partial charge in [-0.25, -0.2) is 4.39 Å². The molecular formula is C16H16BrClFNO. The van der Waals surface area contributed by atoms with Crippen LogP contribution in [0.4, 0.5) is 4.39 Å². The van der Waals surface area contributed by atoms with E-state index in [1.165, 1.54) is 12.1 Å². The molecule has 0 saturated heterocycles. The van der Waals surface area contributed by atoms with Gasteiger partial charge >= 0.3 is 0 Å². The van der Waals surface area contributed by atoms with Gasteiger partial charge in [-0.3, -0.25) is 0 Å². The minimum absolute atomic E-state index is 0.214. The fourth-order valence-electron chi connectivity index (χ4n) is 2.26. The molecule has 0 spiro atoms. The molecule has 0 aliphatic heterocycles. The molecule has 0 heterocycles. The molecule has 0 aliphatic carbocycles. The summed E-state index contributed by atoms with van der Waals surface area (Å²) in [7, 11) is 1.61. The molecule has 21 heavy (non-hydrogen) atoms. The van der Waals surface area contributed by atoms with Crippen LogP contribution in [0.2, 0.25) is 5.02 Å². The van der Waals surface area contributed by atoms with Gasteiger partial charge in [0.2, 0.25) is 0 Å². The van der Waals surface area contributed by atoms with Crippen LogP contribution in [0.5, 0.6) is 5.75 Å². The van der Waals surface area contributed by atoms with Crippen LogP contribution >= 0.6 is 27.5 Å². The van der Waals surface area contributed by atoms with Crippen molar-refractivity contribution in [2.24, 2.45) is 0 Å². The Hall–Kier alpha value is -1.10. The van der Waals surface area contributed by atoms with Crippen molar-refractivity contribution < 1.29 is 9.13 Å². The van der Waals surface area contributed by atoms with Crippen LogP contribution in [-0.4, -0.2) is 13.7 Å². The summed E-state index contributed by atoms with van der Waals surface area (Å²) in [6, 6.07) is 9.84. The van der Waals surface area contributed by atoms with E-state index in [2.05, 4.69) is 21.2 Å². The SMILES string of the molecule is CCNC(c1cc(F)ccc1Br)c1cc(Cl)ccc1OC. The van der Waals surface area contributed by atoms with Gasteiger partial charge in [0.15, 0.2) is 0 Å². The molecule has 0 amide bonds. The van der Waals surface area contributed by atoms with E-state index in [1.807, 2.05) is 19.1 Å². The van der Waals surface area contributed by atoms with E-state index in [0.717, 1.165) is 22.1 Å². The van der Waals surface area contributed by atoms with Crippen molar-refractivity contribution in [3.63, 3.8) is 0 Å². The summed E-state index contributed by atoms with van der Waals surface area (Å²) in [5, 5.41) is 3.96. The van der Waals surface area contributed by atoms with Crippen LogP contribution in [0.25, 0.3) is 0 Å². The quantitative estimate of drug-likeness (QED) is 0.802. The first-order chi connectivity index (χ1) is 10.1. The normalized spacial score (nSPS) is 12.2. The van der Waals surface area contributed by atoms with Crippen LogP contribution in [0.15, 0.2) is 40.9 Å². The van der Waals surface area contributed by atoms with Gasteiger partial charge in [-0.1, -0.05) is 34.5 Å². The number of rotatable bonds is 5. The van der Waals surface area contributed by atoms with Gasteiger partial charge in [0.1, 0.15) is 11.6 Å². The van der Waals surface area contributed by atoms with Crippen molar-refractivity contribution in [1.29, 1.82) is 0 Å². The topological polar surface area (TPSA) is 21.3 Å². The van der Waals surface area contributed by atoms with Gasteiger partial charge in [-0.2, -0.15) is 0 Å². The molecule has 0 fully saturated rings. The van der Waals surface area contributed by atoms with E-state index in [0.29, 0.717) is 10.8 Å². The molecule has 2 aromatic carbocycles. The highest BCUT2D eigenvalue weighted by Crippen LogP contribution is 2.35. The Morgan fingerprint density at radius 1 is 1.24 bits per heavy atom. The van der Waals surface area contributed by atoms with E-state index in [9.17, 15) is 4.39 Å². The second-order valence-electron chi connectivity index (χ2n) is 4.54. The van der Waals surface area contributed by atoms with Crippen LogP contribution in [0, 0.1) is 5.82 Å². The summed E-state index contributed by atoms with van der Waals surface area (Å²) in [4.78, 5) is 0. The molecule has 2 rings (SSSR count). The number of methoxy groups -OCH3 is 1. The maximum atomic E-state index is 13.6. The monoisotopic (exact) mass is 371 g/mol. The second kappa shape index (κ2) is 7.25. The molecule has 2 aromatic rings. The maximum absolute atomic E-state index is 13.6. The third-order valence-corrected chi connectivity index (χ3v) is 4.14. The molecule has 0 bridgehead atoms. The summed E-state index contributed by atoms with van der Waals surface area (Å²) < 4.78 is 19.9. The average Bonchev–Trinajstić information content (AvgIpc) is 2.47. The third-order valence-electron chi connectivity index (χ3n) is 3.18. The summed E-state index contributed by atoms with van der Waals surface area (Å²) in [5.74, 6) is 0.429. The number of benzene rings is 2. The zero-order valence-corrected chi connectivity index (χ0v) is 14.1. The number of ether oxygens (including phenoxy) is 1. The highest BCUT2D eigenvalue weighted by atomic mass is 79.9. The van der Waals surface area contributed by atoms with Crippen molar-refractivity contribution in [3.05, 3.63) is 62.8 Å². The van der Waals surface area contributed by atoms with Crippen molar-refractivity contribution >= 4 is 27.5 Å². The molecule has 0 aromatic heterocycles. The zero-order chi connectivity index (χ0) is 15.4. The van der Waals surface area contributed by atoms with Gasteiger partial charge in [-0.15, -0.1) is 0 Å². The molecule has 0 saturated carbocycles. The molecule has 0 radical (unpaired) electrons. The van der Waals surface area contributed by atoms with E-state index in [1.54, 1.807) is 19.2 Å². The van der Waals surface area contributed by atoms with Gasteiger partial charge < -0.3 is 10.1 Å².